The van der Waals surface area contributed by atoms with Crippen molar-refractivity contribution >= 4 is 46.4 Å². The van der Waals surface area contributed by atoms with Gasteiger partial charge in [-0.25, -0.2) is 0 Å². The Labute approximate surface area is 168 Å². The summed E-state index contributed by atoms with van der Waals surface area (Å²) in [4.78, 5) is 26.0. The van der Waals surface area contributed by atoms with E-state index in [0.717, 1.165) is 5.56 Å². The summed E-state index contributed by atoms with van der Waals surface area (Å²) >= 11 is 11.8. The largest absolute Gasteiger partial charge is 0.495 e. The molecule has 0 atom stereocenters. The lowest BCUT2D eigenvalue weighted by Crippen LogP contribution is -2.36. The van der Waals surface area contributed by atoms with E-state index in [1.807, 2.05) is 19.1 Å². The van der Waals surface area contributed by atoms with E-state index in [9.17, 15) is 9.59 Å². The molecular formula is C19H21Cl2N3O3. The molecule has 0 saturated heterocycles. The third-order valence-electron chi connectivity index (χ3n) is 3.66. The molecule has 27 heavy (non-hydrogen) atoms. The Morgan fingerprint density at radius 3 is 2.30 bits per heavy atom. The second-order valence-electron chi connectivity index (χ2n) is 6.10. The predicted molar refractivity (Wildman–Crippen MR) is 109 cm³/mol. The molecule has 2 amide bonds. The van der Waals surface area contributed by atoms with Crippen LogP contribution in [-0.4, -0.2) is 44.0 Å². The van der Waals surface area contributed by atoms with Crippen LogP contribution in [0.15, 0.2) is 36.4 Å². The summed E-state index contributed by atoms with van der Waals surface area (Å²) in [7, 11) is 3.22. The molecule has 0 aliphatic heterocycles. The zero-order valence-corrected chi connectivity index (χ0v) is 16.8. The van der Waals surface area contributed by atoms with Crippen LogP contribution in [0.5, 0.6) is 5.75 Å². The van der Waals surface area contributed by atoms with E-state index in [1.165, 1.54) is 0 Å². The molecule has 6 nitrogen and oxygen atoms in total. The summed E-state index contributed by atoms with van der Waals surface area (Å²) in [6.45, 7) is 2.01. The molecule has 0 aromatic heterocycles. The van der Waals surface area contributed by atoms with Gasteiger partial charge in [0.15, 0.2) is 0 Å². The Hall–Kier alpha value is -2.28. The van der Waals surface area contributed by atoms with Crippen LogP contribution in [0.1, 0.15) is 5.56 Å². The molecule has 0 saturated carbocycles. The van der Waals surface area contributed by atoms with Crippen LogP contribution in [0.2, 0.25) is 10.0 Å². The van der Waals surface area contributed by atoms with E-state index >= 15 is 0 Å². The van der Waals surface area contributed by atoms with E-state index in [0.29, 0.717) is 27.2 Å². The number of nitrogens with one attached hydrogen (secondary N) is 2. The number of rotatable bonds is 7. The number of halogens is 2. The van der Waals surface area contributed by atoms with Gasteiger partial charge in [-0.1, -0.05) is 29.3 Å². The molecular weight excluding hydrogens is 389 g/mol. The van der Waals surface area contributed by atoms with Gasteiger partial charge in [-0.05, 0) is 49.9 Å². The van der Waals surface area contributed by atoms with Crippen molar-refractivity contribution in [3.05, 3.63) is 52.0 Å². The van der Waals surface area contributed by atoms with Gasteiger partial charge in [0.25, 0.3) is 0 Å². The number of hydrogen-bond acceptors (Lipinski definition) is 4. The number of benzene rings is 2. The molecule has 2 aromatic rings. The van der Waals surface area contributed by atoms with Gasteiger partial charge in [-0.15, -0.1) is 0 Å². The van der Waals surface area contributed by atoms with Crippen LogP contribution in [0.3, 0.4) is 0 Å². The van der Waals surface area contributed by atoms with Gasteiger partial charge in [-0.2, -0.15) is 0 Å². The molecule has 0 heterocycles. The Bertz CT molecular complexity index is 843. The minimum atomic E-state index is -0.267. The first-order chi connectivity index (χ1) is 12.8. The van der Waals surface area contributed by atoms with Crippen LogP contribution in [0, 0.1) is 6.92 Å². The predicted octanol–water partition coefficient (Wildman–Crippen LogP) is 3.82. The van der Waals surface area contributed by atoms with Crippen LogP contribution in [0.4, 0.5) is 11.4 Å². The lowest BCUT2D eigenvalue weighted by molar-refractivity contribution is -0.119. The van der Waals surface area contributed by atoms with Crippen molar-refractivity contribution in [2.45, 2.75) is 6.92 Å². The highest BCUT2D eigenvalue weighted by molar-refractivity contribution is 6.42. The molecule has 2 N–H and O–H groups in total. The second kappa shape index (κ2) is 9.60. The van der Waals surface area contributed by atoms with Gasteiger partial charge in [0.1, 0.15) is 5.75 Å². The molecule has 8 heteroatoms. The number of aryl methyl sites for hydroxylation is 1. The number of methoxy groups -OCH3 is 1. The van der Waals surface area contributed by atoms with Gasteiger partial charge in [0.2, 0.25) is 11.8 Å². The Morgan fingerprint density at radius 2 is 1.67 bits per heavy atom. The fourth-order valence-corrected chi connectivity index (χ4v) is 2.73. The zero-order valence-electron chi connectivity index (χ0n) is 15.3. The van der Waals surface area contributed by atoms with Crippen molar-refractivity contribution in [1.82, 2.24) is 4.90 Å². The number of amides is 2. The van der Waals surface area contributed by atoms with E-state index in [2.05, 4.69) is 10.6 Å². The molecule has 0 radical (unpaired) electrons. The van der Waals surface area contributed by atoms with Crippen molar-refractivity contribution in [2.75, 3.05) is 37.9 Å². The molecule has 0 spiro atoms. The van der Waals surface area contributed by atoms with Crippen LogP contribution in [-0.2, 0) is 9.59 Å². The van der Waals surface area contributed by atoms with Gasteiger partial charge >= 0.3 is 0 Å². The standard InChI is InChI=1S/C19H21Cl2N3O3/c1-12-4-7-17(27-3)16(8-12)23-19(26)11-24(2)10-18(25)22-13-5-6-14(20)15(21)9-13/h4-9H,10-11H2,1-3H3,(H,22,25)(H,23,26). The maximum atomic E-state index is 12.3. The quantitative estimate of drug-likeness (QED) is 0.728. The Balaban J connectivity index is 1.88. The zero-order chi connectivity index (χ0) is 20.0. The topological polar surface area (TPSA) is 70.7 Å². The maximum absolute atomic E-state index is 12.3. The molecule has 2 aromatic carbocycles. The summed E-state index contributed by atoms with van der Waals surface area (Å²) < 4.78 is 5.24. The number of hydrogen-bond donors (Lipinski definition) is 2. The third kappa shape index (κ3) is 6.43. The summed E-state index contributed by atoms with van der Waals surface area (Å²) in [5, 5.41) is 6.28. The highest BCUT2D eigenvalue weighted by atomic mass is 35.5. The van der Waals surface area contributed by atoms with Crippen LogP contribution < -0.4 is 15.4 Å². The van der Waals surface area contributed by atoms with Crippen LogP contribution in [0.25, 0.3) is 0 Å². The third-order valence-corrected chi connectivity index (χ3v) is 4.40. The van der Waals surface area contributed by atoms with Crippen molar-refractivity contribution in [1.29, 1.82) is 0 Å². The Kier molecular flexibility index (Phi) is 7.47. The summed E-state index contributed by atoms with van der Waals surface area (Å²) in [6, 6.07) is 10.3. The van der Waals surface area contributed by atoms with E-state index in [4.69, 9.17) is 27.9 Å². The lowest BCUT2D eigenvalue weighted by Gasteiger charge is -2.17. The molecule has 2 rings (SSSR count). The van der Waals surface area contributed by atoms with E-state index in [1.54, 1.807) is 43.3 Å². The first-order valence-corrected chi connectivity index (χ1v) is 8.92. The molecule has 144 valence electrons. The highest BCUT2D eigenvalue weighted by Gasteiger charge is 2.13. The van der Waals surface area contributed by atoms with Crippen molar-refractivity contribution in [2.24, 2.45) is 0 Å². The summed E-state index contributed by atoms with van der Waals surface area (Å²) in [5.74, 6) is 0.0644. The number of carbonyl (C=O) groups excluding carboxylic acids is 2. The first kappa shape index (κ1) is 21.0. The van der Waals surface area contributed by atoms with Gasteiger partial charge in [0.05, 0.1) is 35.9 Å². The Morgan fingerprint density at radius 1 is 1.00 bits per heavy atom. The van der Waals surface area contributed by atoms with Crippen molar-refractivity contribution < 1.29 is 14.3 Å². The summed E-state index contributed by atoms with van der Waals surface area (Å²) in [6.07, 6.45) is 0. The number of anilines is 2. The first-order valence-electron chi connectivity index (χ1n) is 8.16. The second-order valence-corrected chi connectivity index (χ2v) is 6.92. The monoisotopic (exact) mass is 409 g/mol. The fraction of sp³-hybridized carbons (Fsp3) is 0.263. The normalized spacial score (nSPS) is 10.6. The molecule has 0 fully saturated rings. The fourth-order valence-electron chi connectivity index (χ4n) is 2.43. The average Bonchev–Trinajstić information content (AvgIpc) is 2.58. The van der Waals surface area contributed by atoms with E-state index in [-0.39, 0.29) is 24.9 Å². The molecule has 0 bridgehead atoms. The highest BCUT2D eigenvalue weighted by Crippen LogP contribution is 2.26. The summed E-state index contributed by atoms with van der Waals surface area (Å²) in [5.41, 5.74) is 2.13. The number of carbonyl (C=O) groups is 2. The SMILES string of the molecule is COc1ccc(C)cc1NC(=O)CN(C)CC(=O)Nc1ccc(Cl)c(Cl)c1. The molecule has 0 aliphatic carbocycles. The molecule has 0 unspecified atom stereocenters. The lowest BCUT2D eigenvalue weighted by atomic mass is 10.2. The van der Waals surface area contributed by atoms with Gasteiger partial charge in [0, 0.05) is 5.69 Å². The minimum Gasteiger partial charge on any atom is -0.495 e. The minimum absolute atomic E-state index is 0.0403. The van der Waals surface area contributed by atoms with Crippen molar-refractivity contribution in [3.63, 3.8) is 0 Å². The van der Waals surface area contributed by atoms with E-state index < -0.39 is 0 Å². The number of likely N-dealkylation sites (N-methyl/N-ethyl adjacent to an activating group) is 1. The van der Waals surface area contributed by atoms with Crippen molar-refractivity contribution in [3.8, 4) is 5.75 Å². The maximum Gasteiger partial charge on any atom is 0.238 e. The molecule has 0 aliphatic rings. The average molecular weight is 410 g/mol. The van der Waals surface area contributed by atoms with Gasteiger partial charge < -0.3 is 15.4 Å². The number of nitrogens with zero attached hydrogens (tertiary/aromatic N) is 1. The van der Waals surface area contributed by atoms with Gasteiger partial charge in [-0.3, -0.25) is 14.5 Å². The smallest absolute Gasteiger partial charge is 0.238 e. The number of ether oxygens (including phenoxy) is 1. The van der Waals surface area contributed by atoms with Crippen LogP contribution >= 0.6 is 23.2 Å².